The Labute approximate surface area is 83.9 Å². The van der Waals surface area contributed by atoms with E-state index in [0.717, 1.165) is 6.07 Å². The minimum Gasteiger partial charge on any atom is -0.455 e. The normalized spacial score (nSPS) is 14.7. The lowest BCUT2D eigenvalue weighted by Gasteiger charge is -2.10. The highest BCUT2D eigenvalue weighted by Crippen LogP contribution is 2.32. The molecule has 0 aliphatic carbocycles. The molecule has 78 valence electrons. The molecular formula is C9H6FNO4. The van der Waals surface area contributed by atoms with E-state index < -0.39 is 22.7 Å². The topological polar surface area (TPSA) is 61.6 Å². The third-order valence-corrected chi connectivity index (χ3v) is 1.91. The molecule has 0 N–H and O–H groups in total. The molecule has 15 heavy (non-hydrogen) atoms. The summed E-state index contributed by atoms with van der Waals surface area (Å²) >= 11 is 0. The summed E-state index contributed by atoms with van der Waals surface area (Å²) in [7, 11) is 0. The molecule has 0 radical (unpaired) electrons. The molecule has 1 aliphatic heterocycles. The fourth-order valence-corrected chi connectivity index (χ4v) is 1.30. The summed E-state index contributed by atoms with van der Waals surface area (Å²) in [5.74, 6) is -0.906. The maximum Gasteiger partial charge on any atom is 0.315 e. The van der Waals surface area contributed by atoms with Crippen molar-refractivity contribution in [1.29, 1.82) is 0 Å². The summed E-state index contributed by atoms with van der Waals surface area (Å²) in [4.78, 5) is 9.84. The Hall–Kier alpha value is -2.11. The summed E-state index contributed by atoms with van der Waals surface area (Å²) in [5.41, 5.74) is -0.559. The van der Waals surface area contributed by atoms with Crippen molar-refractivity contribution in [3.05, 3.63) is 52.2 Å². The predicted octanol–water partition coefficient (Wildman–Crippen LogP) is 2.25. The molecule has 1 heterocycles. The lowest BCUT2D eigenvalue weighted by atomic mass is 10.1. The number of para-hydroxylation sites is 1. The van der Waals surface area contributed by atoms with Gasteiger partial charge in [0.1, 0.15) is 18.1 Å². The van der Waals surface area contributed by atoms with Crippen LogP contribution in [0, 0.1) is 15.9 Å². The smallest absolute Gasteiger partial charge is 0.315 e. The van der Waals surface area contributed by atoms with Crippen molar-refractivity contribution in [3.63, 3.8) is 0 Å². The Bertz CT molecular complexity index is 424. The Morgan fingerprint density at radius 2 is 2.00 bits per heavy atom. The van der Waals surface area contributed by atoms with E-state index in [9.17, 15) is 14.5 Å². The zero-order chi connectivity index (χ0) is 10.8. The summed E-state index contributed by atoms with van der Waals surface area (Å²) in [5, 5.41) is 10.6. The number of rotatable bonds is 2. The average Bonchev–Trinajstić information content (AvgIpc) is 2.69. The molecule has 0 saturated heterocycles. The molecule has 0 fully saturated rings. The number of benzene rings is 1. The summed E-state index contributed by atoms with van der Waals surface area (Å²) < 4.78 is 23.0. The predicted molar refractivity (Wildman–Crippen MR) is 47.1 cm³/mol. The van der Waals surface area contributed by atoms with Gasteiger partial charge < -0.3 is 9.47 Å². The Morgan fingerprint density at radius 3 is 2.60 bits per heavy atom. The van der Waals surface area contributed by atoms with Crippen LogP contribution in [0.4, 0.5) is 10.1 Å². The second-order valence-electron chi connectivity index (χ2n) is 2.81. The van der Waals surface area contributed by atoms with Gasteiger partial charge in [-0.15, -0.1) is 0 Å². The van der Waals surface area contributed by atoms with Gasteiger partial charge in [0.15, 0.2) is 0 Å². The fourth-order valence-electron chi connectivity index (χ4n) is 1.30. The molecule has 0 bridgehead atoms. The molecule has 0 aromatic heterocycles. The van der Waals surface area contributed by atoms with Crippen LogP contribution in [0.15, 0.2) is 30.7 Å². The van der Waals surface area contributed by atoms with Crippen LogP contribution in [0.3, 0.4) is 0 Å². The zero-order valence-electron chi connectivity index (χ0n) is 7.42. The molecule has 0 spiro atoms. The van der Waals surface area contributed by atoms with Crippen molar-refractivity contribution < 1.29 is 18.8 Å². The summed E-state index contributed by atoms with van der Waals surface area (Å²) in [6.07, 6.45) is 1.56. The number of halogens is 1. The molecule has 1 aliphatic rings. The number of hydrogen-bond donors (Lipinski definition) is 0. The number of hydrogen-bond acceptors (Lipinski definition) is 4. The SMILES string of the molecule is O=[N+]([O-])c1c(F)cccc1C1OC=CO1. The molecule has 2 rings (SSSR count). The van der Waals surface area contributed by atoms with Gasteiger partial charge in [0, 0.05) is 0 Å². The van der Waals surface area contributed by atoms with Crippen molar-refractivity contribution in [2.75, 3.05) is 0 Å². The van der Waals surface area contributed by atoms with Crippen LogP contribution in [-0.4, -0.2) is 4.92 Å². The van der Waals surface area contributed by atoms with E-state index in [2.05, 4.69) is 0 Å². The largest absolute Gasteiger partial charge is 0.455 e. The molecule has 5 nitrogen and oxygen atoms in total. The number of nitro benzene ring substituents is 1. The molecule has 0 saturated carbocycles. The second-order valence-corrected chi connectivity index (χ2v) is 2.81. The molecular weight excluding hydrogens is 205 g/mol. The zero-order valence-corrected chi connectivity index (χ0v) is 7.42. The monoisotopic (exact) mass is 211 g/mol. The van der Waals surface area contributed by atoms with Crippen molar-refractivity contribution in [2.45, 2.75) is 6.29 Å². The lowest BCUT2D eigenvalue weighted by molar-refractivity contribution is -0.389. The average molecular weight is 211 g/mol. The van der Waals surface area contributed by atoms with E-state index in [1.807, 2.05) is 0 Å². The maximum absolute atomic E-state index is 13.2. The first-order valence-electron chi connectivity index (χ1n) is 4.09. The highest BCUT2D eigenvalue weighted by Gasteiger charge is 2.28. The van der Waals surface area contributed by atoms with Gasteiger partial charge in [-0.25, -0.2) is 0 Å². The first-order chi connectivity index (χ1) is 7.20. The number of nitro groups is 1. The van der Waals surface area contributed by atoms with Crippen LogP contribution in [0.1, 0.15) is 11.9 Å². The third-order valence-electron chi connectivity index (χ3n) is 1.91. The van der Waals surface area contributed by atoms with E-state index in [1.165, 1.54) is 24.7 Å². The van der Waals surface area contributed by atoms with Gasteiger partial charge in [-0.2, -0.15) is 4.39 Å². The van der Waals surface area contributed by atoms with E-state index in [0.29, 0.717) is 0 Å². The molecule has 6 heteroatoms. The standard InChI is InChI=1S/C9H6FNO4/c10-7-3-1-2-6(8(7)11(12)13)9-14-4-5-15-9/h1-5,9H. The Balaban J connectivity index is 2.45. The number of ether oxygens (including phenoxy) is 2. The highest BCUT2D eigenvalue weighted by atomic mass is 19.1. The van der Waals surface area contributed by atoms with Crippen LogP contribution in [0.5, 0.6) is 0 Å². The molecule has 0 atom stereocenters. The highest BCUT2D eigenvalue weighted by molar-refractivity contribution is 5.42. The van der Waals surface area contributed by atoms with Crippen molar-refractivity contribution in [2.24, 2.45) is 0 Å². The summed E-state index contributed by atoms with van der Waals surface area (Å²) in [6, 6.07) is 3.77. The minimum absolute atomic E-state index is 0.0602. The van der Waals surface area contributed by atoms with Crippen molar-refractivity contribution >= 4 is 5.69 Å². The van der Waals surface area contributed by atoms with Gasteiger partial charge in [0.25, 0.3) is 6.29 Å². The molecule has 0 amide bonds. The van der Waals surface area contributed by atoms with Gasteiger partial charge in [-0.1, -0.05) is 6.07 Å². The van der Waals surface area contributed by atoms with Gasteiger partial charge in [-0.3, -0.25) is 10.1 Å². The molecule has 1 aromatic rings. The molecule has 1 aromatic carbocycles. The van der Waals surface area contributed by atoms with Gasteiger partial charge >= 0.3 is 5.69 Å². The Kier molecular flexibility index (Phi) is 2.24. The van der Waals surface area contributed by atoms with Gasteiger partial charge in [0.2, 0.25) is 5.82 Å². The maximum atomic E-state index is 13.2. The van der Waals surface area contributed by atoms with Crippen LogP contribution in [0.2, 0.25) is 0 Å². The van der Waals surface area contributed by atoms with E-state index >= 15 is 0 Å². The van der Waals surface area contributed by atoms with E-state index in [-0.39, 0.29) is 5.56 Å². The molecule has 0 unspecified atom stereocenters. The third kappa shape index (κ3) is 1.61. The van der Waals surface area contributed by atoms with Crippen LogP contribution in [0.25, 0.3) is 0 Å². The van der Waals surface area contributed by atoms with E-state index in [4.69, 9.17) is 9.47 Å². The minimum atomic E-state index is -0.943. The fraction of sp³-hybridized carbons (Fsp3) is 0.111. The van der Waals surface area contributed by atoms with Gasteiger partial charge in [0.05, 0.1) is 4.92 Å². The quantitative estimate of drug-likeness (QED) is 0.556. The summed E-state index contributed by atoms with van der Waals surface area (Å²) in [6.45, 7) is 0. The van der Waals surface area contributed by atoms with Gasteiger partial charge in [-0.05, 0) is 12.1 Å². The van der Waals surface area contributed by atoms with Crippen LogP contribution in [-0.2, 0) is 9.47 Å². The number of nitrogens with zero attached hydrogens (tertiary/aromatic N) is 1. The van der Waals surface area contributed by atoms with Crippen LogP contribution < -0.4 is 0 Å². The first-order valence-corrected chi connectivity index (χ1v) is 4.09. The van der Waals surface area contributed by atoms with Crippen LogP contribution >= 0.6 is 0 Å². The van der Waals surface area contributed by atoms with E-state index in [1.54, 1.807) is 0 Å². The van der Waals surface area contributed by atoms with Crippen molar-refractivity contribution in [1.82, 2.24) is 0 Å². The van der Waals surface area contributed by atoms with Crippen molar-refractivity contribution in [3.8, 4) is 0 Å². The second kappa shape index (κ2) is 3.56. The first kappa shape index (κ1) is 9.45. The Morgan fingerprint density at radius 1 is 1.33 bits per heavy atom. The lowest BCUT2D eigenvalue weighted by Crippen LogP contribution is -2.04.